The molecule has 0 amide bonds. The molecule has 0 heterocycles. The third-order valence-electron chi connectivity index (χ3n) is 0.961. The zero-order valence-electron chi connectivity index (χ0n) is 5.13. The second-order valence-electron chi connectivity index (χ2n) is 1.64. The summed E-state index contributed by atoms with van der Waals surface area (Å²) in [4.78, 5) is 20.4. The molecule has 0 aliphatic heterocycles. The smallest absolute Gasteiger partial charge is 0.328 e. The molecule has 0 radical (unpaired) electrons. The van der Waals surface area contributed by atoms with E-state index in [4.69, 9.17) is 10.8 Å². The van der Waals surface area contributed by atoms with E-state index in [9.17, 15) is 9.59 Å². The first-order chi connectivity index (χ1) is 4.09. The number of carboxylic acids is 1. The van der Waals surface area contributed by atoms with E-state index in [1.165, 1.54) is 0 Å². The van der Waals surface area contributed by atoms with Crippen LogP contribution in [0.1, 0.15) is 13.3 Å². The highest BCUT2D eigenvalue weighted by Gasteiger charge is 2.18. The Labute approximate surface area is 52.7 Å². The molecule has 0 aliphatic rings. The molecule has 4 heteroatoms. The highest BCUT2D eigenvalue weighted by Crippen LogP contribution is 1.86. The van der Waals surface area contributed by atoms with E-state index in [1.807, 2.05) is 0 Å². The quantitative estimate of drug-likeness (QED) is 0.500. The Morgan fingerprint density at radius 2 is 2.11 bits per heavy atom. The van der Waals surface area contributed by atoms with Crippen molar-refractivity contribution in [3.05, 3.63) is 0 Å². The second-order valence-corrected chi connectivity index (χ2v) is 1.64. The first kappa shape index (κ1) is 8.10. The van der Waals surface area contributed by atoms with Gasteiger partial charge in [0.05, 0.1) is 0 Å². The zero-order valence-corrected chi connectivity index (χ0v) is 5.13. The molecular formula is C5H9NO3. The van der Waals surface area contributed by atoms with Gasteiger partial charge in [0.2, 0.25) is 0 Å². The van der Waals surface area contributed by atoms with Crippen molar-refractivity contribution in [2.45, 2.75) is 19.4 Å². The molecule has 1 atom stereocenters. The Bertz CT molecular complexity index is 132. The van der Waals surface area contributed by atoms with Gasteiger partial charge in [-0.05, 0) is 0 Å². The zero-order chi connectivity index (χ0) is 7.44. The minimum atomic E-state index is -1.34. The fourth-order valence-corrected chi connectivity index (χ4v) is 0.358. The summed E-state index contributed by atoms with van der Waals surface area (Å²) in [6.45, 7) is 1.57. The lowest BCUT2D eigenvalue weighted by Crippen LogP contribution is -2.37. The van der Waals surface area contributed by atoms with E-state index in [2.05, 4.69) is 0 Å². The van der Waals surface area contributed by atoms with Gasteiger partial charge in [0.15, 0.2) is 11.8 Å². The summed E-state index contributed by atoms with van der Waals surface area (Å²) in [5.41, 5.74) is 4.92. The van der Waals surface area contributed by atoms with Crippen molar-refractivity contribution in [1.29, 1.82) is 0 Å². The Balaban J connectivity index is 3.88. The molecule has 3 N–H and O–H groups in total. The number of carbonyl (C=O) groups is 2. The summed E-state index contributed by atoms with van der Waals surface area (Å²) in [7, 11) is 0. The van der Waals surface area contributed by atoms with Crippen molar-refractivity contribution in [3.8, 4) is 0 Å². The number of carboxylic acid groups (broad SMARTS) is 1. The molecule has 4 nitrogen and oxygen atoms in total. The van der Waals surface area contributed by atoms with Crippen molar-refractivity contribution < 1.29 is 14.7 Å². The van der Waals surface area contributed by atoms with Crippen molar-refractivity contribution in [2.24, 2.45) is 5.73 Å². The molecule has 0 spiro atoms. The van der Waals surface area contributed by atoms with E-state index in [-0.39, 0.29) is 6.42 Å². The van der Waals surface area contributed by atoms with E-state index in [0.29, 0.717) is 0 Å². The van der Waals surface area contributed by atoms with Gasteiger partial charge < -0.3 is 10.8 Å². The topological polar surface area (TPSA) is 80.4 Å². The van der Waals surface area contributed by atoms with Crippen LogP contribution in [-0.2, 0) is 9.59 Å². The maximum Gasteiger partial charge on any atom is 0.328 e. The summed E-state index contributed by atoms with van der Waals surface area (Å²) in [5, 5.41) is 8.14. The molecule has 0 aromatic heterocycles. The molecular weight excluding hydrogens is 122 g/mol. The van der Waals surface area contributed by atoms with Gasteiger partial charge in [0.25, 0.3) is 0 Å². The van der Waals surface area contributed by atoms with Crippen molar-refractivity contribution >= 4 is 11.8 Å². The lowest BCUT2D eigenvalue weighted by molar-refractivity contribution is -0.142. The third-order valence-corrected chi connectivity index (χ3v) is 0.961. The molecule has 0 aromatic carbocycles. The van der Waals surface area contributed by atoms with Crippen LogP contribution in [0.25, 0.3) is 0 Å². The number of rotatable bonds is 3. The molecule has 0 saturated heterocycles. The number of ketones is 1. The highest BCUT2D eigenvalue weighted by molar-refractivity contribution is 6.01. The predicted octanol–water partition coefficient (Wildman–Crippen LogP) is -0.623. The molecule has 0 rings (SSSR count). The van der Waals surface area contributed by atoms with Crippen LogP contribution in [0.3, 0.4) is 0 Å². The summed E-state index contributed by atoms with van der Waals surface area (Å²) in [5.74, 6) is -1.70. The van der Waals surface area contributed by atoms with Crippen LogP contribution in [0.15, 0.2) is 0 Å². The van der Waals surface area contributed by atoms with Gasteiger partial charge in [0, 0.05) is 6.42 Å². The fraction of sp³-hybridized carbons (Fsp3) is 0.600. The van der Waals surface area contributed by atoms with Gasteiger partial charge >= 0.3 is 5.97 Å². The summed E-state index contributed by atoms with van der Waals surface area (Å²) in [6.07, 6.45) is 0.174. The molecule has 0 fully saturated rings. The van der Waals surface area contributed by atoms with Crippen LogP contribution in [0.2, 0.25) is 0 Å². The molecule has 9 heavy (non-hydrogen) atoms. The summed E-state index contributed by atoms with van der Waals surface area (Å²) < 4.78 is 0. The summed E-state index contributed by atoms with van der Waals surface area (Å²) in [6, 6.07) is -1.34. The molecule has 0 aromatic rings. The van der Waals surface area contributed by atoms with Crippen molar-refractivity contribution in [1.82, 2.24) is 0 Å². The van der Waals surface area contributed by atoms with Gasteiger partial charge in [0.1, 0.15) is 0 Å². The van der Waals surface area contributed by atoms with E-state index in [1.54, 1.807) is 6.92 Å². The Morgan fingerprint density at radius 3 is 2.22 bits per heavy atom. The molecule has 0 bridgehead atoms. The van der Waals surface area contributed by atoms with E-state index < -0.39 is 17.8 Å². The van der Waals surface area contributed by atoms with E-state index >= 15 is 0 Å². The monoisotopic (exact) mass is 131 g/mol. The predicted molar refractivity (Wildman–Crippen MR) is 30.9 cm³/mol. The minimum absolute atomic E-state index is 0.174. The van der Waals surface area contributed by atoms with Crippen molar-refractivity contribution in [3.63, 3.8) is 0 Å². The first-order valence-corrected chi connectivity index (χ1v) is 2.60. The van der Waals surface area contributed by atoms with Crippen LogP contribution >= 0.6 is 0 Å². The highest BCUT2D eigenvalue weighted by atomic mass is 16.4. The summed E-state index contributed by atoms with van der Waals surface area (Å²) >= 11 is 0. The second kappa shape index (κ2) is 3.19. The SMILES string of the molecule is CCC(=O)[C@H](N)C(=O)O. The van der Waals surface area contributed by atoms with Crippen LogP contribution in [0.4, 0.5) is 0 Å². The maximum atomic E-state index is 10.4. The Morgan fingerprint density at radius 1 is 1.67 bits per heavy atom. The van der Waals surface area contributed by atoms with Crippen LogP contribution in [0.5, 0.6) is 0 Å². The van der Waals surface area contributed by atoms with E-state index in [0.717, 1.165) is 0 Å². The number of nitrogens with two attached hydrogens (primary N) is 1. The molecule has 0 saturated carbocycles. The average Bonchev–Trinajstić information content (AvgIpc) is 1.84. The van der Waals surface area contributed by atoms with Crippen molar-refractivity contribution in [2.75, 3.05) is 0 Å². The van der Waals surface area contributed by atoms with Gasteiger partial charge in [-0.2, -0.15) is 0 Å². The average molecular weight is 131 g/mol. The third kappa shape index (κ3) is 2.23. The normalized spacial score (nSPS) is 12.7. The van der Waals surface area contributed by atoms with Crippen LogP contribution < -0.4 is 5.73 Å². The van der Waals surface area contributed by atoms with Gasteiger partial charge in [-0.15, -0.1) is 0 Å². The Kier molecular flexibility index (Phi) is 2.87. The first-order valence-electron chi connectivity index (χ1n) is 2.60. The lowest BCUT2D eigenvalue weighted by atomic mass is 10.2. The van der Waals surface area contributed by atoms with Gasteiger partial charge in [-0.25, -0.2) is 0 Å². The Hall–Kier alpha value is -0.900. The fourth-order valence-electron chi connectivity index (χ4n) is 0.358. The van der Waals surface area contributed by atoms with Gasteiger partial charge in [-0.1, -0.05) is 6.92 Å². The number of hydrogen-bond donors (Lipinski definition) is 2. The molecule has 0 aliphatic carbocycles. The minimum Gasteiger partial charge on any atom is -0.480 e. The standard InChI is InChI=1S/C5H9NO3/c1-2-3(7)4(6)5(8)9/h4H,2,6H2,1H3,(H,8,9)/t4-/m0/s1. The van der Waals surface area contributed by atoms with Gasteiger partial charge in [-0.3, -0.25) is 9.59 Å². The molecule has 52 valence electrons. The number of hydrogen-bond acceptors (Lipinski definition) is 3. The molecule has 0 unspecified atom stereocenters. The lowest BCUT2D eigenvalue weighted by Gasteiger charge is -2.00. The van der Waals surface area contributed by atoms with Crippen LogP contribution in [0, 0.1) is 0 Å². The largest absolute Gasteiger partial charge is 0.480 e. The number of carbonyl (C=O) groups excluding carboxylic acids is 1. The maximum absolute atomic E-state index is 10.4. The number of Topliss-reactive ketones (excluding diaryl/α,β-unsaturated/α-hetero) is 1. The number of aliphatic carboxylic acids is 1. The van der Waals surface area contributed by atoms with Crippen LogP contribution in [-0.4, -0.2) is 22.9 Å².